The fourth-order valence-electron chi connectivity index (χ4n) is 2.34. The smallest absolute Gasteiger partial charge is 0.257 e. The van der Waals surface area contributed by atoms with Crippen molar-refractivity contribution in [2.24, 2.45) is 0 Å². The monoisotopic (exact) mass is 336 g/mol. The van der Waals surface area contributed by atoms with E-state index < -0.39 is 0 Å². The molecule has 3 aromatic carbocycles. The van der Waals surface area contributed by atoms with Crippen LogP contribution in [-0.2, 0) is 0 Å². The molecule has 3 rings (SSSR count). The van der Waals surface area contributed by atoms with Crippen LogP contribution in [0.25, 0.3) is 0 Å². The third-order valence-electron chi connectivity index (χ3n) is 3.65. The van der Waals surface area contributed by atoms with Gasteiger partial charge in [-0.05, 0) is 48.9 Å². The van der Waals surface area contributed by atoms with Gasteiger partial charge in [0.1, 0.15) is 0 Å². The van der Waals surface area contributed by atoms with Gasteiger partial charge in [-0.1, -0.05) is 48.0 Å². The van der Waals surface area contributed by atoms with Gasteiger partial charge in [0.2, 0.25) is 0 Å². The zero-order chi connectivity index (χ0) is 16.9. The van der Waals surface area contributed by atoms with Crippen molar-refractivity contribution in [3.05, 3.63) is 88.9 Å². The molecule has 0 atom stereocenters. The summed E-state index contributed by atoms with van der Waals surface area (Å²) >= 11 is 6.12. The summed E-state index contributed by atoms with van der Waals surface area (Å²) in [5.74, 6) is -0.186. The van der Waals surface area contributed by atoms with Crippen LogP contribution in [0.2, 0.25) is 5.02 Å². The number of hydrogen-bond donors (Lipinski definition) is 2. The van der Waals surface area contributed by atoms with Gasteiger partial charge < -0.3 is 10.6 Å². The molecule has 3 aromatic rings. The first-order valence-electron chi connectivity index (χ1n) is 7.62. The lowest BCUT2D eigenvalue weighted by atomic mass is 10.1. The first-order valence-corrected chi connectivity index (χ1v) is 8.00. The number of para-hydroxylation sites is 2. The molecule has 2 N–H and O–H groups in total. The molecule has 0 unspecified atom stereocenters. The van der Waals surface area contributed by atoms with E-state index in [1.165, 1.54) is 0 Å². The Morgan fingerprint density at radius 2 is 1.58 bits per heavy atom. The third kappa shape index (κ3) is 3.76. The van der Waals surface area contributed by atoms with E-state index in [9.17, 15) is 4.79 Å². The number of aryl methyl sites for hydroxylation is 1. The van der Waals surface area contributed by atoms with Crippen molar-refractivity contribution in [1.29, 1.82) is 0 Å². The van der Waals surface area contributed by atoms with Crippen molar-refractivity contribution in [3.63, 3.8) is 0 Å². The van der Waals surface area contributed by atoms with Crippen LogP contribution in [0.15, 0.2) is 72.8 Å². The van der Waals surface area contributed by atoms with Crippen molar-refractivity contribution < 1.29 is 4.79 Å². The third-order valence-corrected chi connectivity index (χ3v) is 4.06. The molecule has 0 saturated carbocycles. The van der Waals surface area contributed by atoms with Crippen LogP contribution < -0.4 is 10.6 Å². The van der Waals surface area contributed by atoms with Gasteiger partial charge in [-0.3, -0.25) is 4.79 Å². The van der Waals surface area contributed by atoms with E-state index in [1.807, 2.05) is 67.6 Å². The van der Waals surface area contributed by atoms with E-state index in [0.717, 1.165) is 16.9 Å². The molecule has 1 amide bonds. The molecule has 3 nitrogen and oxygen atoms in total. The van der Waals surface area contributed by atoms with E-state index in [-0.39, 0.29) is 5.91 Å². The minimum atomic E-state index is -0.186. The van der Waals surface area contributed by atoms with Crippen LogP contribution in [0.5, 0.6) is 0 Å². The number of hydrogen-bond acceptors (Lipinski definition) is 2. The van der Waals surface area contributed by atoms with E-state index >= 15 is 0 Å². The molecule has 4 heteroatoms. The summed E-state index contributed by atoms with van der Waals surface area (Å²) in [5, 5.41) is 6.79. The van der Waals surface area contributed by atoms with Crippen molar-refractivity contribution >= 4 is 34.6 Å². The van der Waals surface area contributed by atoms with Gasteiger partial charge in [-0.25, -0.2) is 0 Å². The van der Waals surface area contributed by atoms with Gasteiger partial charge >= 0.3 is 0 Å². The highest BCUT2D eigenvalue weighted by Gasteiger charge is 2.12. The molecule has 0 aliphatic rings. The summed E-state index contributed by atoms with van der Waals surface area (Å²) in [6.45, 7) is 1.92. The first kappa shape index (κ1) is 16.1. The standard InChI is InChI=1S/C20H17ClN2O/c1-14-11-12-16(13-18(14)21)23-20(24)17-9-5-6-10-19(17)22-15-7-3-2-4-8-15/h2-13,22H,1H3,(H,23,24). The Morgan fingerprint density at radius 3 is 2.33 bits per heavy atom. The number of carbonyl (C=O) groups excluding carboxylic acids is 1. The summed E-state index contributed by atoms with van der Waals surface area (Å²) < 4.78 is 0. The molecule has 0 saturated heterocycles. The first-order chi connectivity index (χ1) is 11.6. The number of benzene rings is 3. The normalized spacial score (nSPS) is 10.2. The van der Waals surface area contributed by atoms with Crippen molar-refractivity contribution in [1.82, 2.24) is 0 Å². The van der Waals surface area contributed by atoms with Crippen LogP contribution >= 0.6 is 11.6 Å². The second-order valence-electron chi connectivity index (χ2n) is 5.45. The molecular formula is C20H17ClN2O. The van der Waals surface area contributed by atoms with E-state index in [4.69, 9.17) is 11.6 Å². The quantitative estimate of drug-likeness (QED) is 0.647. The molecule has 0 fully saturated rings. The molecule has 120 valence electrons. The van der Waals surface area contributed by atoms with Gasteiger partial charge in [0, 0.05) is 16.4 Å². The number of amides is 1. The van der Waals surface area contributed by atoms with Crippen molar-refractivity contribution in [3.8, 4) is 0 Å². The number of carbonyl (C=O) groups is 1. The maximum atomic E-state index is 12.6. The maximum absolute atomic E-state index is 12.6. The molecule has 0 spiro atoms. The van der Waals surface area contributed by atoms with Crippen LogP contribution in [0.1, 0.15) is 15.9 Å². The van der Waals surface area contributed by atoms with Gasteiger partial charge in [0.15, 0.2) is 0 Å². The lowest BCUT2D eigenvalue weighted by Gasteiger charge is -2.12. The Labute approximate surface area is 146 Å². The Kier molecular flexibility index (Phi) is 4.82. The second kappa shape index (κ2) is 7.20. The van der Waals surface area contributed by atoms with Crippen LogP contribution in [0, 0.1) is 6.92 Å². The zero-order valence-electron chi connectivity index (χ0n) is 13.2. The molecule has 0 radical (unpaired) electrons. The summed E-state index contributed by atoms with van der Waals surface area (Å²) in [4.78, 5) is 12.6. The fraction of sp³-hybridized carbons (Fsp3) is 0.0500. The highest BCUT2D eigenvalue weighted by atomic mass is 35.5. The molecule has 0 aliphatic heterocycles. The lowest BCUT2D eigenvalue weighted by molar-refractivity contribution is 0.102. The highest BCUT2D eigenvalue weighted by molar-refractivity contribution is 6.31. The molecule has 0 bridgehead atoms. The van der Waals surface area contributed by atoms with Crippen molar-refractivity contribution in [2.75, 3.05) is 10.6 Å². The zero-order valence-corrected chi connectivity index (χ0v) is 14.0. The fourth-order valence-corrected chi connectivity index (χ4v) is 2.52. The SMILES string of the molecule is Cc1ccc(NC(=O)c2ccccc2Nc2ccccc2)cc1Cl. The summed E-state index contributed by atoms with van der Waals surface area (Å²) in [6, 6.07) is 22.6. The molecule has 0 aromatic heterocycles. The van der Waals surface area contributed by atoms with Gasteiger partial charge in [0.05, 0.1) is 11.3 Å². The summed E-state index contributed by atoms with van der Waals surface area (Å²) in [5.41, 5.74) is 3.89. The second-order valence-corrected chi connectivity index (χ2v) is 5.86. The number of halogens is 1. The molecule has 0 aliphatic carbocycles. The average molecular weight is 337 g/mol. The lowest BCUT2D eigenvalue weighted by Crippen LogP contribution is -2.13. The molecule has 24 heavy (non-hydrogen) atoms. The number of rotatable bonds is 4. The molecular weight excluding hydrogens is 320 g/mol. The minimum Gasteiger partial charge on any atom is -0.355 e. The van der Waals surface area contributed by atoms with E-state index in [0.29, 0.717) is 16.3 Å². The summed E-state index contributed by atoms with van der Waals surface area (Å²) in [7, 11) is 0. The van der Waals surface area contributed by atoms with Crippen molar-refractivity contribution in [2.45, 2.75) is 6.92 Å². The maximum Gasteiger partial charge on any atom is 0.257 e. The van der Waals surface area contributed by atoms with Crippen LogP contribution in [0.3, 0.4) is 0 Å². The van der Waals surface area contributed by atoms with E-state index in [1.54, 1.807) is 12.1 Å². The average Bonchev–Trinajstić information content (AvgIpc) is 2.59. The Bertz CT molecular complexity index is 863. The Hall–Kier alpha value is -2.78. The largest absolute Gasteiger partial charge is 0.355 e. The summed E-state index contributed by atoms with van der Waals surface area (Å²) in [6.07, 6.45) is 0. The van der Waals surface area contributed by atoms with Crippen LogP contribution in [-0.4, -0.2) is 5.91 Å². The minimum absolute atomic E-state index is 0.186. The van der Waals surface area contributed by atoms with Gasteiger partial charge in [-0.2, -0.15) is 0 Å². The number of anilines is 3. The Balaban J connectivity index is 1.83. The van der Waals surface area contributed by atoms with Gasteiger partial charge in [0.25, 0.3) is 5.91 Å². The van der Waals surface area contributed by atoms with Gasteiger partial charge in [-0.15, -0.1) is 0 Å². The number of nitrogens with one attached hydrogen (secondary N) is 2. The predicted octanol–water partition coefficient (Wildman–Crippen LogP) is 5.64. The van der Waals surface area contributed by atoms with Crippen LogP contribution in [0.4, 0.5) is 17.1 Å². The molecule has 0 heterocycles. The topological polar surface area (TPSA) is 41.1 Å². The Morgan fingerprint density at radius 1 is 0.875 bits per heavy atom. The predicted molar refractivity (Wildman–Crippen MR) is 100 cm³/mol. The van der Waals surface area contributed by atoms with E-state index in [2.05, 4.69) is 10.6 Å². The highest BCUT2D eigenvalue weighted by Crippen LogP contribution is 2.24.